The van der Waals surface area contributed by atoms with Gasteiger partial charge in [-0.05, 0) is 18.2 Å². The van der Waals surface area contributed by atoms with Crippen LogP contribution in [0.2, 0.25) is 0 Å². The normalized spacial score (nSPS) is 11.3. The molecule has 2 N–H and O–H groups in total. The molecular formula is C17H13F3N3O3-. The topological polar surface area (TPSA) is 93.6 Å². The van der Waals surface area contributed by atoms with E-state index in [2.05, 4.69) is 15.8 Å². The molecule has 26 heavy (non-hydrogen) atoms. The fourth-order valence-corrected chi connectivity index (χ4v) is 2.00. The molecule has 136 valence electrons. The second-order valence-corrected chi connectivity index (χ2v) is 5.10. The average Bonchev–Trinajstić information content (AvgIpc) is 2.60. The van der Waals surface area contributed by atoms with Crippen molar-refractivity contribution >= 4 is 23.8 Å². The van der Waals surface area contributed by atoms with E-state index < -0.39 is 23.6 Å². The van der Waals surface area contributed by atoms with Crippen molar-refractivity contribution in [1.82, 2.24) is 5.43 Å². The first-order valence-corrected chi connectivity index (χ1v) is 7.31. The number of carbonyl (C=O) groups is 2. The molecule has 0 aromatic heterocycles. The number of aromatic carboxylic acids is 1. The smallest absolute Gasteiger partial charge is 0.416 e. The van der Waals surface area contributed by atoms with Crippen LogP contribution in [0.4, 0.5) is 18.9 Å². The van der Waals surface area contributed by atoms with Gasteiger partial charge in [-0.3, -0.25) is 4.79 Å². The number of hydrogen-bond donors (Lipinski definition) is 2. The largest absolute Gasteiger partial charge is 0.545 e. The van der Waals surface area contributed by atoms with Gasteiger partial charge in [-0.15, -0.1) is 0 Å². The summed E-state index contributed by atoms with van der Waals surface area (Å²) >= 11 is 0. The maximum Gasteiger partial charge on any atom is 0.416 e. The van der Waals surface area contributed by atoms with Crippen molar-refractivity contribution in [3.05, 3.63) is 65.2 Å². The lowest BCUT2D eigenvalue weighted by molar-refractivity contribution is -0.255. The summed E-state index contributed by atoms with van der Waals surface area (Å²) in [6.07, 6.45) is -3.34. The molecule has 0 aliphatic rings. The Morgan fingerprint density at radius 1 is 1.12 bits per heavy atom. The summed E-state index contributed by atoms with van der Waals surface area (Å²) < 4.78 is 37.8. The Morgan fingerprint density at radius 2 is 1.85 bits per heavy atom. The molecule has 0 spiro atoms. The Bertz CT molecular complexity index is 835. The molecule has 0 radical (unpaired) electrons. The monoisotopic (exact) mass is 364 g/mol. The predicted molar refractivity (Wildman–Crippen MR) is 86.4 cm³/mol. The number of carboxylic acid groups (broad SMARTS) is 1. The molecular weight excluding hydrogens is 351 g/mol. The summed E-state index contributed by atoms with van der Waals surface area (Å²) in [4.78, 5) is 22.6. The number of benzene rings is 2. The lowest BCUT2D eigenvalue weighted by Gasteiger charge is -2.10. The number of anilines is 1. The molecule has 1 amide bonds. The van der Waals surface area contributed by atoms with Gasteiger partial charge in [0.15, 0.2) is 0 Å². The van der Waals surface area contributed by atoms with Crippen LogP contribution in [-0.2, 0) is 11.0 Å². The number of alkyl halides is 3. The molecule has 0 heterocycles. The van der Waals surface area contributed by atoms with Crippen LogP contribution >= 0.6 is 0 Å². The minimum Gasteiger partial charge on any atom is -0.545 e. The molecule has 0 fully saturated rings. The first kappa shape index (κ1) is 19.0. The van der Waals surface area contributed by atoms with E-state index in [1.165, 1.54) is 30.3 Å². The summed E-state index contributed by atoms with van der Waals surface area (Å²) in [7, 11) is 0. The summed E-state index contributed by atoms with van der Waals surface area (Å²) in [5.41, 5.74) is 1.58. The van der Waals surface area contributed by atoms with Crippen LogP contribution in [0, 0.1) is 0 Å². The standard InChI is InChI=1S/C17H14F3N3O3/c18-17(19,20)12-5-3-6-13(8-12)21-10-15(24)23-22-9-11-4-1-2-7-14(11)16(25)26/h1-9,21H,10H2,(H,23,24)(H,25,26)/p-1/b22-9-. The van der Waals surface area contributed by atoms with Crippen LogP contribution < -0.4 is 15.8 Å². The number of nitrogens with zero attached hydrogens (tertiary/aromatic N) is 1. The van der Waals surface area contributed by atoms with E-state index in [-0.39, 0.29) is 23.4 Å². The third-order valence-electron chi connectivity index (χ3n) is 3.22. The SMILES string of the molecule is O=C(CNc1cccc(C(F)(F)F)c1)N/N=C\c1ccccc1C(=O)[O-]. The van der Waals surface area contributed by atoms with Crippen LogP contribution in [0.1, 0.15) is 21.5 Å². The quantitative estimate of drug-likeness (QED) is 0.602. The Hall–Kier alpha value is -3.36. The Morgan fingerprint density at radius 3 is 2.54 bits per heavy atom. The third kappa shape index (κ3) is 5.33. The van der Waals surface area contributed by atoms with Crippen LogP contribution in [0.5, 0.6) is 0 Å². The zero-order chi connectivity index (χ0) is 19.2. The highest BCUT2D eigenvalue weighted by molar-refractivity contribution is 5.97. The lowest BCUT2D eigenvalue weighted by Crippen LogP contribution is -2.26. The van der Waals surface area contributed by atoms with E-state index in [0.717, 1.165) is 18.3 Å². The Labute approximate surface area is 146 Å². The lowest BCUT2D eigenvalue weighted by atomic mass is 10.1. The maximum absolute atomic E-state index is 12.6. The first-order chi connectivity index (χ1) is 12.3. The summed E-state index contributed by atoms with van der Waals surface area (Å²) in [6, 6.07) is 10.3. The highest BCUT2D eigenvalue weighted by Crippen LogP contribution is 2.30. The number of carbonyl (C=O) groups excluding carboxylic acids is 2. The van der Waals surface area contributed by atoms with E-state index in [1.54, 1.807) is 6.07 Å². The van der Waals surface area contributed by atoms with Gasteiger partial charge in [-0.2, -0.15) is 18.3 Å². The summed E-state index contributed by atoms with van der Waals surface area (Å²) in [5.74, 6) is -2.01. The summed E-state index contributed by atoms with van der Waals surface area (Å²) in [5, 5.41) is 17.1. The first-order valence-electron chi connectivity index (χ1n) is 7.31. The minimum absolute atomic E-state index is 0.0902. The molecule has 0 saturated carbocycles. The van der Waals surface area contributed by atoms with E-state index in [0.29, 0.717) is 0 Å². The fourth-order valence-electron chi connectivity index (χ4n) is 2.00. The van der Waals surface area contributed by atoms with Gasteiger partial charge < -0.3 is 15.2 Å². The third-order valence-corrected chi connectivity index (χ3v) is 3.22. The highest BCUT2D eigenvalue weighted by Gasteiger charge is 2.30. The molecule has 0 aliphatic heterocycles. The van der Waals surface area contributed by atoms with Crippen molar-refractivity contribution in [2.24, 2.45) is 5.10 Å². The van der Waals surface area contributed by atoms with Crippen molar-refractivity contribution in [1.29, 1.82) is 0 Å². The fraction of sp³-hybridized carbons (Fsp3) is 0.118. The molecule has 2 rings (SSSR count). The molecule has 0 atom stereocenters. The van der Waals surface area contributed by atoms with Gasteiger partial charge in [0.05, 0.1) is 24.3 Å². The number of nitrogens with one attached hydrogen (secondary N) is 2. The number of hydrazone groups is 1. The van der Waals surface area contributed by atoms with Gasteiger partial charge in [0.1, 0.15) is 0 Å². The van der Waals surface area contributed by atoms with Gasteiger partial charge in [0.25, 0.3) is 5.91 Å². The maximum atomic E-state index is 12.6. The predicted octanol–water partition coefficient (Wildman–Crippen LogP) is 1.63. The van der Waals surface area contributed by atoms with Gasteiger partial charge in [-0.1, -0.05) is 30.3 Å². The van der Waals surface area contributed by atoms with Crippen LogP contribution in [-0.4, -0.2) is 24.6 Å². The van der Waals surface area contributed by atoms with Gasteiger partial charge in [0.2, 0.25) is 0 Å². The van der Waals surface area contributed by atoms with Crippen LogP contribution in [0.3, 0.4) is 0 Å². The molecule has 6 nitrogen and oxygen atoms in total. The van der Waals surface area contributed by atoms with Crippen molar-refractivity contribution < 1.29 is 27.9 Å². The number of amides is 1. The molecule has 2 aromatic rings. The molecule has 0 bridgehead atoms. The van der Waals surface area contributed by atoms with E-state index in [1.807, 2.05) is 0 Å². The van der Waals surface area contributed by atoms with Crippen LogP contribution in [0.15, 0.2) is 53.6 Å². The van der Waals surface area contributed by atoms with Crippen molar-refractivity contribution in [2.45, 2.75) is 6.18 Å². The molecule has 0 saturated heterocycles. The zero-order valence-electron chi connectivity index (χ0n) is 13.2. The molecule has 0 aliphatic carbocycles. The van der Waals surface area contributed by atoms with Gasteiger partial charge in [0, 0.05) is 16.8 Å². The number of carboxylic acids is 1. The Kier molecular flexibility index (Phi) is 5.94. The molecule has 0 unspecified atom stereocenters. The number of hydrogen-bond acceptors (Lipinski definition) is 5. The van der Waals surface area contributed by atoms with Crippen molar-refractivity contribution in [3.63, 3.8) is 0 Å². The second-order valence-electron chi connectivity index (χ2n) is 5.10. The summed E-state index contributed by atoms with van der Waals surface area (Å²) in [6.45, 7) is -0.319. The van der Waals surface area contributed by atoms with E-state index >= 15 is 0 Å². The number of halogens is 3. The number of rotatable bonds is 6. The average molecular weight is 364 g/mol. The Balaban J connectivity index is 1.91. The zero-order valence-corrected chi connectivity index (χ0v) is 13.2. The van der Waals surface area contributed by atoms with Crippen molar-refractivity contribution in [2.75, 3.05) is 11.9 Å². The van der Waals surface area contributed by atoms with Gasteiger partial charge >= 0.3 is 6.18 Å². The van der Waals surface area contributed by atoms with E-state index in [9.17, 15) is 27.9 Å². The van der Waals surface area contributed by atoms with E-state index in [4.69, 9.17) is 0 Å². The van der Waals surface area contributed by atoms with Crippen LogP contribution in [0.25, 0.3) is 0 Å². The van der Waals surface area contributed by atoms with Crippen molar-refractivity contribution in [3.8, 4) is 0 Å². The molecule has 2 aromatic carbocycles. The molecule has 9 heteroatoms. The highest BCUT2D eigenvalue weighted by atomic mass is 19.4. The second kappa shape index (κ2) is 8.15. The minimum atomic E-state index is -4.48. The van der Waals surface area contributed by atoms with Gasteiger partial charge in [-0.25, -0.2) is 5.43 Å².